The van der Waals surface area contributed by atoms with E-state index < -0.39 is 5.91 Å². The maximum absolute atomic E-state index is 12.8. The number of rotatable bonds is 6. The third-order valence-corrected chi connectivity index (χ3v) is 5.45. The van der Waals surface area contributed by atoms with Crippen LogP contribution in [0.4, 0.5) is 5.69 Å². The van der Waals surface area contributed by atoms with Crippen LogP contribution in [0, 0.1) is 11.3 Å². The summed E-state index contributed by atoms with van der Waals surface area (Å²) in [7, 11) is 0. The number of nitrogens with one attached hydrogen (secondary N) is 1. The molecule has 1 N–H and O–H groups in total. The number of carbonyl (C=O) groups is 1. The maximum Gasteiger partial charge on any atom is 0.266 e. The minimum absolute atomic E-state index is 0.00571. The molecular weight excluding hydrogens is 464 g/mol. The zero-order valence-electron chi connectivity index (χ0n) is 17.1. The number of hydrogen-bond donors (Lipinski definition) is 1. The normalized spacial score (nSPS) is 11.1. The van der Waals surface area contributed by atoms with Crippen molar-refractivity contribution in [1.82, 2.24) is 0 Å². The van der Waals surface area contributed by atoms with Crippen LogP contribution in [-0.4, -0.2) is 5.91 Å². The van der Waals surface area contributed by atoms with Crippen LogP contribution in [0.1, 0.15) is 11.1 Å². The van der Waals surface area contributed by atoms with Crippen LogP contribution in [-0.2, 0) is 11.4 Å². The lowest BCUT2D eigenvalue weighted by atomic mass is 10.0. The Bertz CT molecular complexity index is 1320. The van der Waals surface area contributed by atoms with Gasteiger partial charge in [0, 0.05) is 15.7 Å². The molecule has 4 aromatic rings. The number of nitrogens with zero attached hydrogens (tertiary/aromatic N) is 1. The predicted octanol–water partition coefficient (Wildman–Crippen LogP) is 6.73. The Morgan fingerprint density at radius 2 is 1.66 bits per heavy atom. The molecule has 0 spiro atoms. The fourth-order valence-corrected chi connectivity index (χ4v) is 3.57. The molecule has 0 heterocycles. The van der Waals surface area contributed by atoms with E-state index in [1.54, 1.807) is 18.2 Å². The Kier molecular flexibility index (Phi) is 6.64. The lowest BCUT2D eigenvalue weighted by Crippen LogP contribution is -2.13. The highest BCUT2D eigenvalue weighted by molar-refractivity contribution is 9.10. The second-order valence-electron chi connectivity index (χ2n) is 7.10. The summed E-state index contributed by atoms with van der Waals surface area (Å²) >= 11 is 3.37. The molecule has 4 nitrogen and oxygen atoms in total. The van der Waals surface area contributed by atoms with Crippen LogP contribution < -0.4 is 10.1 Å². The number of ether oxygens (including phenoxy) is 1. The van der Waals surface area contributed by atoms with Gasteiger partial charge in [0.25, 0.3) is 5.91 Å². The summed E-state index contributed by atoms with van der Waals surface area (Å²) in [6, 6.07) is 30.7. The topological polar surface area (TPSA) is 62.1 Å². The largest absolute Gasteiger partial charge is 0.488 e. The van der Waals surface area contributed by atoms with Crippen molar-refractivity contribution in [2.45, 2.75) is 6.61 Å². The number of amides is 1. The average molecular weight is 483 g/mol. The van der Waals surface area contributed by atoms with Crippen LogP contribution >= 0.6 is 15.9 Å². The Labute approximate surface area is 194 Å². The summed E-state index contributed by atoms with van der Waals surface area (Å²) in [5.41, 5.74) is 2.33. The zero-order chi connectivity index (χ0) is 22.3. The van der Waals surface area contributed by atoms with Crippen molar-refractivity contribution in [3.05, 3.63) is 112 Å². The van der Waals surface area contributed by atoms with Crippen molar-refractivity contribution in [3.8, 4) is 11.8 Å². The monoisotopic (exact) mass is 482 g/mol. The van der Waals surface area contributed by atoms with Crippen molar-refractivity contribution in [2.75, 3.05) is 5.32 Å². The molecule has 32 heavy (non-hydrogen) atoms. The molecule has 0 aromatic heterocycles. The van der Waals surface area contributed by atoms with E-state index in [0.717, 1.165) is 20.8 Å². The second kappa shape index (κ2) is 9.95. The van der Waals surface area contributed by atoms with Gasteiger partial charge in [-0.05, 0) is 52.7 Å². The number of benzene rings is 4. The maximum atomic E-state index is 12.8. The van der Waals surface area contributed by atoms with Gasteiger partial charge in [-0.25, -0.2) is 0 Å². The molecule has 0 aliphatic rings. The standard InChI is InChI=1S/C27H19BrN2O2/c28-22-11-13-23(14-12-22)30-27(31)21(17-29)16-25-24-9-5-4-8-20(24)10-15-26(25)32-18-19-6-2-1-3-7-19/h1-16H,18H2,(H,30,31)/b21-16+. The number of carbonyl (C=O) groups excluding carboxylic acids is 1. The highest BCUT2D eigenvalue weighted by atomic mass is 79.9. The highest BCUT2D eigenvalue weighted by Crippen LogP contribution is 2.31. The van der Waals surface area contributed by atoms with Crippen LogP contribution in [0.15, 0.2) is 101 Å². The first kappa shape index (κ1) is 21.4. The molecule has 0 bridgehead atoms. The van der Waals surface area contributed by atoms with E-state index in [1.165, 1.54) is 0 Å². The fourth-order valence-electron chi connectivity index (χ4n) is 3.31. The van der Waals surface area contributed by atoms with Gasteiger partial charge in [0.15, 0.2) is 0 Å². The van der Waals surface area contributed by atoms with E-state index in [4.69, 9.17) is 4.74 Å². The lowest BCUT2D eigenvalue weighted by molar-refractivity contribution is -0.112. The zero-order valence-corrected chi connectivity index (χ0v) is 18.7. The molecule has 0 aliphatic carbocycles. The first-order valence-electron chi connectivity index (χ1n) is 10.0. The van der Waals surface area contributed by atoms with E-state index >= 15 is 0 Å². The van der Waals surface area contributed by atoms with E-state index in [2.05, 4.69) is 21.2 Å². The molecule has 5 heteroatoms. The fraction of sp³-hybridized carbons (Fsp3) is 0.0370. The van der Waals surface area contributed by atoms with Gasteiger partial charge in [0.2, 0.25) is 0 Å². The summed E-state index contributed by atoms with van der Waals surface area (Å²) in [6.07, 6.45) is 1.59. The number of nitriles is 1. The second-order valence-corrected chi connectivity index (χ2v) is 8.02. The van der Waals surface area contributed by atoms with Crippen LogP contribution in [0.25, 0.3) is 16.8 Å². The van der Waals surface area contributed by atoms with Crippen molar-refractivity contribution in [3.63, 3.8) is 0 Å². The first-order chi connectivity index (χ1) is 15.6. The van der Waals surface area contributed by atoms with E-state index in [0.29, 0.717) is 23.6 Å². The van der Waals surface area contributed by atoms with Gasteiger partial charge in [-0.3, -0.25) is 4.79 Å². The smallest absolute Gasteiger partial charge is 0.266 e. The molecule has 0 fully saturated rings. The Morgan fingerprint density at radius 3 is 2.41 bits per heavy atom. The Balaban J connectivity index is 1.69. The lowest BCUT2D eigenvalue weighted by Gasteiger charge is -2.13. The third kappa shape index (κ3) is 5.05. The quantitative estimate of drug-likeness (QED) is 0.244. The first-order valence-corrected chi connectivity index (χ1v) is 10.8. The number of hydrogen-bond acceptors (Lipinski definition) is 3. The summed E-state index contributed by atoms with van der Waals surface area (Å²) < 4.78 is 7.00. The van der Waals surface area contributed by atoms with Crippen molar-refractivity contribution >= 4 is 44.4 Å². The molecule has 0 unspecified atom stereocenters. The van der Waals surface area contributed by atoms with E-state index in [1.807, 2.05) is 84.9 Å². The highest BCUT2D eigenvalue weighted by Gasteiger charge is 2.14. The molecular formula is C27H19BrN2O2. The molecule has 0 saturated heterocycles. The Hall–Kier alpha value is -3.88. The third-order valence-electron chi connectivity index (χ3n) is 4.92. The molecule has 4 aromatic carbocycles. The minimum atomic E-state index is -0.475. The summed E-state index contributed by atoms with van der Waals surface area (Å²) in [4.78, 5) is 12.8. The van der Waals surface area contributed by atoms with Crippen molar-refractivity contribution < 1.29 is 9.53 Å². The molecule has 0 atom stereocenters. The van der Waals surface area contributed by atoms with Gasteiger partial charge >= 0.3 is 0 Å². The Morgan fingerprint density at radius 1 is 0.938 bits per heavy atom. The number of fused-ring (bicyclic) bond motifs is 1. The SMILES string of the molecule is N#C/C(=C\c1c(OCc2ccccc2)ccc2ccccc12)C(=O)Nc1ccc(Br)cc1. The summed E-state index contributed by atoms with van der Waals surface area (Å²) in [6.45, 7) is 0.382. The van der Waals surface area contributed by atoms with Gasteiger partial charge in [-0.15, -0.1) is 0 Å². The van der Waals surface area contributed by atoms with E-state index in [9.17, 15) is 10.1 Å². The molecule has 0 saturated carbocycles. The molecule has 156 valence electrons. The number of anilines is 1. The van der Waals surface area contributed by atoms with Crippen LogP contribution in [0.2, 0.25) is 0 Å². The summed E-state index contributed by atoms with van der Waals surface area (Å²) in [5.74, 6) is 0.133. The van der Waals surface area contributed by atoms with Gasteiger partial charge in [0.05, 0.1) is 0 Å². The minimum Gasteiger partial charge on any atom is -0.488 e. The van der Waals surface area contributed by atoms with E-state index in [-0.39, 0.29) is 5.57 Å². The van der Waals surface area contributed by atoms with Gasteiger partial charge in [0.1, 0.15) is 24.0 Å². The molecule has 0 aliphatic heterocycles. The molecule has 0 radical (unpaired) electrons. The molecule has 4 rings (SSSR count). The van der Waals surface area contributed by atoms with Gasteiger partial charge in [-0.1, -0.05) is 76.6 Å². The summed E-state index contributed by atoms with van der Waals surface area (Å²) in [5, 5.41) is 14.4. The molecule has 1 amide bonds. The van der Waals surface area contributed by atoms with Crippen molar-refractivity contribution in [1.29, 1.82) is 5.26 Å². The number of halogens is 1. The predicted molar refractivity (Wildman–Crippen MR) is 131 cm³/mol. The average Bonchev–Trinajstić information content (AvgIpc) is 2.83. The van der Waals surface area contributed by atoms with Gasteiger partial charge < -0.3 is 10.1 Å². The van der Waals surface area contributed by atoms with Crippen LogP contribution in [0.3, 0.4) is 0 Å². The van der Waals surface area contributed by atoms with Gasteiger partial charge in [-0.2, -0.15) is 5.26 Å². The van der Waals surface area contributed by atoms with Crippen LogP contribution in [0.5, 0.6) is 5.75 Å². The van der Waals surface area contributed by atoms with Crippen molar-refractivity contribution in [2.24, 2.45) is 0 Å².